The van der Waals surface area contributed by atoms with E-state index in [0.717, 1.165) is 22.1 Å². The van der Waals surface area contributed by atoms with E-state index < -0.39 is 0 Å². The zero-order valence-electron chi connectivity index (χ0n) is 17.7. The van der Waals surface area contributed by atoms with Gasteiger partial charge in [0.05, 0.1) is 12.0 Å². The fraction of sp³-hybridized carbons (Fsp3) is 0.0833. The van der Waals surface area contributed by atoms with Crippen molar-refractivity contribution < 1.29 is 4.74 Å². The molecule has 9 heteroatoms. The lowest BCUT2D eigenvalue weighted by molar-refractivity contribution is 0.410. The summed E-state index contributed by atoms with van der Waals surface area (Å²) in [5.41, 5.74) is 3.84. The number of H-pyrrole nitrogens is 1. The lowest BCUT2D eigenvalue weighted by Crippen LogP contribution is -2.11. The molecule has 2 heterocycles. The van der Waals surface area contributed by atoms with Gasteiger partial charge in [-0.1, -0.05) is 48.0 Å². The second-order valence-electron chi connectivity index (χ2n) is 7.36. The number of aryl methyl sites for hydroxylation is 1. The van der Waals surface area contributed by atoms with Gasteiger partial charge < -0.3 is 9.72 Å². The van der Waals surface area contributed by atoms with Crippen molar-refractivity contribution in [3.8, 4) is 22.6 Å². The number of ether oxygens (including phenoxy) is 1. The summed E-state index contributed by atoms with van der Waals surface area (Å²) in [5.74, 6) is 0.622. The number of fused-ring (bicyclic) bond motifs is 1. The number of benzene rings is 3. The Morgan fingerprint density at radius 1 is 1.06 bits per heavy atom. The van der Waals surface area contributed by atoms with E-state index in [-0.39, 0.29) is 5.56 Å². The maximum absolute atomic E-state index is 13.3. The van der Waals surface area contributed by atoms with Crippen LogP contribution >= 0.6 is 23.4 Å². The van der Waals surface area contributed by atoms with Crippen LogP contribution in [0.25, 0.3) is 27.7 Å². The van der Waals surface area contributed by atoms with Crippen LogP contribution in [-0.4, -0.2) is 32.3 Å². The summed E-state index contributed by atoms with van der Waals surface area (Å²) < 4.78 is 7.09. The molecule has 3 aromatic carbocycles. The van der Waals surface area contributed by atoms with Crippen LogP contribution in [0.3, 0.4) is 0 Å². The van der Waals surface area contributed by atoms with Gasteiger partial charge in [0.25, 0.3) is 5.56 Å². The molecule has 1 N–H and O–H groups in total. The number of halogens is 1. The maximum atomic E-state index is 13.3. The fourth-order valence-electron chi connectivity index (χ4n) is 3.69. The summed E-state index contributed by atoms with van der Waals surface area (Å²) >= 11 is 7.51. The monoisotopic (exact) mass is 475 g/mol. The number of hydrogen-bond acceptors (Lipinski definition) is 6. The molecule has 0 saturated heterocycles. The number of nitrogens with one attached hydrogen (secondary N) is 1. The lowest BCUT2D eigenvalue weighted by Gasteiger charge is -2.14. The first-order valence-electron chi connectivity index (χ1n) is 10.1. The summed E-state index contributed by atoms with van der Waals surface area (Å²) in [5, 5.41) is 14.1. The second-order valence-corrected chi connectivity index (χ2v) is 8.78. The Morgan fingerprint density at radius 3 is 2.67 bits per heavy atom. The van der Waals surface area contributed by atoms with E-state index in [2.05, 4.69) is 20.5 Å². The quantitative estimate of drug-likeness (QED) is 0.371. The first-order chi connectivity index (χ1) is 16.0. The number of nitrogens with zero attached hydrogens (tertiary/aromatic N) is 4. The molecule has 0 unspecified atom stereocenters. The Hall–Kier alpha value is -3.62. The highest BCUT2D eigenvalue weighted by molar-refractivity contribution is 7.99. The van der Waals surface area contributed by atoms with Crippen molar-refractivity contribution in [1.29, 1.82) is 0 Å². The number of hydrogen-bond donors (Lipinski definition) is 1. The van der Waals surface area contributed by atoms with Gasteiger partial charge in [-0.25, -0.2) is 0 Å². The Bertz CT molecular complexity index is 1530. The maximum Gasteiger partial charge on any atom is 0.263 e. The summed E-state index contributed by atoms with van der Waals surface area (Å²) in [7, 11) is 1.59. The number of aromatic nitrogens is 5. The topological polar surface area (TPSA) is 85.7 Å². The minimum atomic E-state index is -0.237. The molecule has 0 aliphatic rings. The lowest BCUT2D eigenvalue weighted by atomic mass is 10.0. The van der Waals surface area contributed by atoms with Gasteiger partial charge in [0.1, 0.15) is 11.4 Å². The second kappa shape index (κ2) is 8.73. The molecule has 0 bridgehead atoms. The van der Waals surface area contributed by atoms with Crippen LogP contribution < -0.4 is 10.3 Å². The standard InChI is InChI=1S/C24H18ClN5O2S/c1-14-8-11-20(32-2)19(12-14)30-24(27-28-29-30)33-22-21(15-6-4-3-5-7-15)17-13-16(25)9-10-18(17)26-23(22)31/h3-13H,1-2H3,(H,26,31). The molecule has 5 aromatic rings. The van der Waals surface area contributed by atoms with E-state index in [9.17, 15) is 4.79 Å². The van der Waals surface area contributed by atoms with E-state index in [1.165, 1.54) is 11.8 Å². The molecule has 0 saturated carbocycles. The highest BCUT2D eigenvalue weighted by atomic mass is 35.5. The molecule has 0 amide bonds. The Balaban J connectivity index is 1.73. The predicted molar refractivity (Wildman–Crippen MR) is 130 cm³/mol. The number of tetrazole rings is 1. The molecule has 0 spiro atoms. The molecular weight excluding hydrogens is 458 g/mol. The van der Waals surface area contributed by atoms with Gasteiger partial charge in [0.15, 0.2) is 0 Å². The predicted octanol–water partition coefficient (Wildman–Crippen LogP) is 5.29. The normalized spacial score (nSPS) is 11.1. The molecule has 0 aliphatic heterocycles. The molecule has 33 heavy (non-hydrogen) atoms. The highest BCUT2D eigenvalue weighted by Gasteiger charge is 2.21. The third kappa shape index (κ3) is 3.99. The van der Waals surface area contributed by atoms with Crippen LogP contribution in [0, 0.1) is 6.92 Å². The van der Waals surface area contributed by atoms with Gasteiger partial charge >= 0.3 is 0 Å². The Kier molecular flexibility index (Phi) is 5.62. The number of methoxy groups -OCH3 is 1. The van der Waals surface area contributed by atoms with Crippen molar-refractivity contribution in [2.75, 3.05) is 7.11 Å². The Morgan fingerprint density at radius 2 is 1.88 bits per heavy atom. The molecular formula is C24H18ClN5O2S. The van der Waals surface area contributed by atoms with Crippen molar-refractivity contribution >= 4 is 34.3 Å². The van der Waals surface area contributed by atoms with Gasteiger partial charge in [-0.05, 0) is 70.6 Å². The summed E-state index contributed by atoms with van der Waals surface area (Å²) in [6.07, 6.45) is 0. The van der Waals surface area contributed by atoms with Gasteiger partial charge in [0, 0.05) is 21.5 Å². The zero-order valence-corrected chi connectivity index (χ0v) is 19.3. The van der Waals surface area contributed by atoms with E-state index in [1.54, 1.807) is 17.9 Å². The first kappa shape index (κ1) is 21.2. The van der Waals surface area contributed by atoms with Crippen LogP contribution in [0.5, 0.6) is 5.75 Å². The van der Waals surface area contributed by atoms with Crippen LogP contribution in [0.15, 0.2) is 81.6 Å². The van der Waals surface area contributed by atoms with Crippen molar-refractivity contribution in [1.82, 2.24) is 25.2 Å². The molecule has 5 rings (SSSR count). The largest absolute Gasteiger partial charge is 0.494 e. The van der Waals surface area contributed by atoms with Crippen molar-refractivity contribution in [3.05, 3.63) is 87.7 Å². The minimum absolute atomic E-state index is 0.237. The third-order valence-electron chi connectivity index (χ3n) is 5.19. The average molecular weight is 476 g/mol. The first-order valence-corrected chi connectivity index (χ1v) is 11.3. The van der Waals surface area contributed by atoms with Gasteiger partial charge in [-0.3, -0.25) is 4.79 Å². The fourth-order valence-corrected chi connectivity index (χ4v) is 4.81. The summed E-state index contributed by atoms with van der Waals surface area (Å²) in [6, 6.07) is 20.9. The van der Waals surface area contributed by atoms with Crippen LogP contribution in [-0.2, 0) is 0 Å². The van der Waals surface area contributed by atoms with E-state index in [0.29, 0.717) is 32.0 Å². The SMILES string of the molecule is COc1ccc(C)cc1-n1nnnc1Sc1c(-c2ccccc2)c2cc(Cl)ccc2[nH]c1=O. The zero-order chi connectivity index (χ0) is 22.9. The molecule has 7 nitrogen and oxygen atoms in total. The van der Waals surface area contributed by atoms with E-state index >= 15 is 0 Å². The number of pyridine rings is 1. The van der Waals surface area contributed by atoms with Crippen molar-refractivity contribution in [3.63, 3.8) is 0 Å². The van der Waals surface area contributed by atoms with Crippen LogP contribution in [0.1, 0.15) is 5.56 Å². The average Bonchev–Trinajstić information content (AvgIpc) is 3.28. The number of rotatable bonds is 5. The van der Waals surface area contributed by atoms with E-state index in [1.807, 2.05) is 67.6 Å². The van der Waals surface area contributed by atoms with Gasteiger partial charge in [-0.2, -0.15) is 4.68 Å². The Labute approximate surface area is 198 Å². The summed E-state index contributed by atoms with van der Waals surface area (Å²) in [4.78, 5) is 16.7. The smallest absolute Gasteiger partial charge is 0.263 e. The molecule has 2 aromatic heterocycles. The molecule has 164 valence electrons. The highest BCUT2D eigenvalue weighted by Crippen LogP contribution is 2.38. The van der Waals surface area contributed by atoms with Gasteiger partial charge in [-0.15, -0.1) is 5.10 Å². The van der Waals surface area contributed by atoms with Crippen LogP contribution in [0.2, 0.25) is 5.02 Å². The minimum Gasteiger partial charge on any atom is -0.494 e. The number of aromatic amines is 1. The molecule has 0 radical (unpaired) electrons. The van der Waals surface area contributed by atoms with Crippen molar-refractivity contribution in [2.24, 2.45) is 0 Å². The third-order valence-corrected chi connectivity index (χ3v) is 6.46. The molecule has 0 aliphatic carbocycles. The van der Waals surface area contributed by atoms with E-state index in [4.69, 9.17) is 16.3 Å². The molecule has 0 atom stereocenters. The van der Waals surface area contributed by atoms with Crippen LogP contribution in [0.4, 0.5) is 0 Å². The van der Waals surface area contributed by atoms with Crippen molar-refractivity contribution in [2.45, 2.75) is 17.0 Å². The summed E-state index contributed by atoms with van der Waals surface area (Å²) in [6.45, 7) is 1.98. The van der Waals surface area contributed by atoms with Gasteiger partial charge in [0.2, 0.25) is 5.16 Å². The molecule has 0 fully saturated rings.